The molecule has 2 heterocycles. The van der Waals surface area contributed by atoms with Crippen molar-refractivity contribution in [2.75, 3.05) is 0 Å². The van der Waals surface area contributed by atoms with Crippen molar-refractivity contribution in [1.82, 2.24) is 15.0 Å². The first kappa shape index (κ1) is 12.4. The molecule has 0 bridgehead atoms. The van der Waals surface area contributed by atoms with Gasteiger partial charge in [-0.3, -0.25) is 0 Å². The second kappa shape index (κ2) is 5.06. The average molecular weight is 317 g/mol. The minimum Gasteiger partial charge on any atom is -0.250 e. The van der Waals surface area contributed by atoms with Gasteiger partial charge in [-0.1, -0.05) is 18.5 Å². The third-order valence-electron chi connectivity index (χ3n) is 2.17. The van der Waals surface area contributed by atoms with Crippen molar-refractivity contribution in [3.8, 4) is 11.5 Å². The van der Waals surface area contributed by atoms with Crippen molar-refractivity contribution in [1.29, 1.82) is 0 Å². The average Bonchev–Trinajstić information content (AvgIpc) is 2.33. The lowest BCUT2D eigenvalue weighted by atomic mass is 10.3. The number of pyridine rings is 1. The Hall–Kier alpha value is -1.07. The van der Waals surface area contributed by atoms with Gasteiger partial charge in [-0.15, -0.1) is 0 Å². The molecule has 88 valence electrons. The fourth-order valence-electron chi connectivity index (χ4n) is 1.32. The normalized spacial score (nSPS) is 10.6. The summed E-state index contributed by atoms with van der Waals surface area (Å²) < 4.78 is 13.4. The van der Waals surface area contributed by atoms with E-state index in [1.807, 2.05) is 6.92 Å². The van der Waals surface area contributed by atoms with Crippen LogP contribution in [0.2, 0.25) is 5.15 Å². The summed E-state index contributed by atoms with van der Waals surface area (Å²) in [6.45, 7) is 1.96. The van der Waals surface area contributed by atoms with E-state index in [1.165, 1.54) is 12.1 Å². The lowest BCUT2D eigenvalue weighted by Crippen LogP contribution is -1.98. The van der Waals surface area contributed by atoms with Crippen LogP contribution < -0.4 is 0 Å². The zero-order chi connectivity index (χ0) is 12.4. The highest BCUT2D eigenvalue weighted by Gasteiger charge is 2.11. The van der Waals surface area contributed by atoms with Crippen molar-refractivity contribution < 1.29 is 4.39 Å². The summed E-state index contributed by atoms with van der Waals surface area (Å²) in [5.41, 5.74) is 1.29. The van der Waals surface area contributed by atoms with Crippen LogP contribution in [0.3, 0.4) is 0 Å². The van der Waals surface area contributed by atoms with Gasteiger partial charge >= 0.3 is 0 Å². The van der Waals surface area contributed by atoms with Gasteiger partial charge in [0.15, 0.2) is 5.82 Å². The quantitative estimate of drug-likeness (QED) is 0.794. The summed E-state index contributed by atoms with van der Waals surface area (Å²) in [5, 5.41) is 0.331. The van der Waals surface area contributed by atoms with Crippen molar-refractivity contribution >= 4 is 27.5 Å². The van der Waals surface area contributed by atoms with E-state index in [2.05, 4.69) is 30.9 Å². The fourth-order valence-corrected chi connectivity index (χ4v) is 1.97. The van der Waals surface area contributed by atoms with Crippen molar-refractivity contribution in [3.63, 3.8) is 0 Å². The summed E-state index contributed by atoms with van der Waals surface area (Å²) >= 11 is 9.30. The van der Waals surface area contributed by atoms with Gasteiger partial charge in [-0.25, -0.2) is 19.3 Å². The smallest absolute Gasteiger partial charge is 0.179 e. The first-order valence-electron chi connectivity index (χ1n) is 4.95. The SMILES string of the molecule is CCc1nc(-c2ccc(F)cn2)nc(Cl)c1Br. The molecule has 0 radical (unpaired) electrons. The molecule has 2 rings (SSSR count). The summed E-state index contributed by atoms with van der Waals surface area (Å²) in [6, 6.07) is 2.83. The van der Waals surface area contributed by atoms with Crippen molar-refractivity contribution in [2.45, 2.75) is 13.3 Å². The van der Waals surface area contributed by atoms with Crippen molar-refractivity contribution in [3.05, 3.63) is 39.5 Å². The highest BCUT2D eigenvalue weighted by Crippen LogP contribution is 2.26. The molecule has 0 N–H and O–H groups in total. The molecule has 0 spiro atoms. The Morgan fingerprint density at radius 1 is 1.35 bits per heavy atom. The molecule has 2 aromatic heterocycles. The van der Waals surface area contributed by atoms with Crippen LogP contribution in [0.1, 0.15) is 12.6 Å². The number of aryl methyl sites for hydroxylation is 1. The van der Waals surface area contributed by atoms with Gasteiger partial charge in [0.1, 0.15) is 16.7 Å². The third kappa shape index (κ3) is 2.61. The largest absolute Gasteiger partial charge is 0.250 e. The van der Waals surface area contributed by atoms with Crippen LogP contribution in [0.5, 0.6) is 0 Å². The monoisotopic (exact) mass is 315 g/mol. The highest BCUT2D eigenvalue weighted by molar-refractivity contribution is 9.10. The summed E-state index contributed by atoms with van der Waals surface area (Å²) in [5.74, 6) is 0.00252. The molecular formula is C11H8BrClFN3. The topological polar surface area (TPSA) is 38.7 Å². The van der Waals surface area contributed by atoms with Gasteiger partial charge in [0, 0.05) is 0 Å². The maximum Gasteiger partial charge on any atom is 0.179 e. The van der Waals surface area contributed by atoms with Crippen LogP contribution in [0.15, 0.2) is 22.8 Å². The molecule has 3 nitrogen and oxygen atoms in total. The predicted octanol–water partition coefficient (Wildman–Crippen LogP) is 3.66. The number of hydrogen-bond donors (Lipinski definition) is 0. The van der Waals surface area contributed by atoms with Gasteiger partial charge in [0.25, 0.3) is 0 Å². The zero-order valence-electron chi connectivity index (χ0n) is 8.91. The standard InChI is InChI=1S/C11H8BrClFN3/c1-2-7-9(12)10(13)17-11(16-7)8-4-3-6(14)5-15-8/h3-5H,2H2,1H3. The second-order valence-corrected chi connectivity index (χ2v) is 4.46. The summed E-state index contributed by atoms with van der Waals surface area (Å²) in [4.78, 5) is 12.3. The van der Waals surface area contributed by atoms with Gasteiger partial charge in [0.2, 0.25) is 0 Å². The lowest BCUT2D eigenvalue weighted by molar-refractivity contribution is 0.621. The Kier molecular flexibility index (Phi) is 3.69. The Labute approximate surface area is 111 Å². The van der Waals surface area contributed by atoms with Crippen LogP contribution in [0.4, 0.5) is 4.39 Å². The van der Waals surface area contributed by atoms with E-state index in [4.69, 9.17) is 11.6 Å². The van der Waals surface area contributed by atoms with Gasteiger partial charge in [-0.05, 0) is 34.5 Å². The van der Waals surface area contributed by atoms with Gasteiger partial charge in [-0.2, -0.15) is 0 Å². The Balaban J connectivity index is 2.52. The predicted molar refractivity (Wildman–Crippen MR) is 67.3 cm³/mol. The molecule has 17 heavy (non-hydrogen) atoms. The summed E-state index contributed by atoms with van der Waals surface area (Å²) in [7, 11) is 0. The molecular weight excluding hydrogens is 308 g/mol. The van der Waals surface area contributed by atoms with E-state index in [-0.39, 0.29) is 0 Å². The van der Waals surface area contributed by atoms with Crippen LogP contribution in [0, 0.1) is 5.82 Å². The van der Waals surface area contributed by atoms with Crippen LogP contribution in [-0.4, -0.2) is 15.0 Å². The van der Waals surface area contributed by atoms with E-state index in [1.54, 1.807) is 0 Å². The Morgan fingerprint density at radius 3 is 2.71 bits per heavy atom. The number of hydrogen-bond acceptors (Lipinski definition) is 3. The van der Waals surface area contributed by atoms with E-state index >= 15 is 0 Å². The molecule has 0 unspecified atom stereocenters. The van der Waals surface area contributed by atoms with Gasteiger partial charge in [0.05, 0.1) is 16.4 Å². The lowest BCUT2D eigenvalue weighted by Gasteiger charge is -2.05. The first-order valence-corrected chi connectivity index (χ1v) is 6.12. The molecule has 0 aliphatic carbocycles. The third-order valence-corrected chi connectivity index (χ3v) is 3.51. The van der Waals surface area contributed by atoms with Crippen LogP contribution in [0.25, 0.3) is 11.5 Å². The fraction of sp³-hybridized carbons (Fsp3) is 0.182. The first-order chi connectivity index (χ1) is 8.11. The number of nitrogens with zero attached hydrogens (tertiary/aromatic N) is 3. The number of halogens is 3. The second-order valence-electron chi connectivity index (χ2n) is 3.31. The number of aromatic nitrogens is 3. The maximum absolute atomic E-state index is 12.8. The molecule has 0 atom stereocenters. The Bertz CT molecular complexity index is 545. The van der Waals surface area contributed by atoms with Crippen LogP contribution in [-0.2, 0) is 6.42 Å². The Morgan fingerprint density at radius 2 is 2.12 bits per heavy atom. The molecule has 0 amide bonds. The van der Waals surface area contributed by atoms with E-state index in [0.29, 0.717) is 21.1 Å². The molecule has 0 saturated carbocycles. The highest BCUT2D eigenvalue weighted by atomic mass is 79.9. The van der Waals surface area contributed by atoms with Crippen LogP contribution >= 0.6 is 27.5 Å². The minimum atomic E-state index is -0.396. The molecule has 0 saturated heterocycles. The van der Waals surface area contributed by atoms with Crippen molar-refractivity contribution in [2.24, 2.45) is 0 Å². The molecule has 0 fully saturated rings. The molecule has 0 aliphatic rings. The van der Waals surface area contributed by atoms with Gasteiger partial charge < -0.3 is 0 Å². The molecule has 2 aromatic rings. The zero-order valence-corrected chi connectivity index (χ0v) is 11.3. The minimum absolute atomic E-state index is 0.331. The van der Waals surface area contributed by atoms with E-state index < -0.39 is 5.82 Å². The molecule has 6 heteroatoms. The summed E-state index contributed by atoms with van der Waals surface area (Å²) in [6.07, 6.45) is 1.84. The molecule has 0 aliphatic heterocycles. The van der Waals surface area contributed by atoms with E-state index in [9.17, 15) is 4.39 Å². The maximum atomic E-state index is 12.8. The molecule has 0 aromatic carbocycles. The number of rotatable bonds is 2. The van der Waals surface area contributed by atoms with E-state index in [0.717, 1.165) is 18.3 Å².